The number of benzene rings is 1. The van der Waals surface area contributed by atoms with Crippen LogP contribution in [0.2, 0.25) is 0 Å². The summed E-state index contributed by atoms with van der Waals surface area (Å²) in [6.45, 7) is 4.50. The van der Waals surface area contributed by atoms with Gasteiger partial charge in [0.05, 0.1) is 7.11 Å². The van der Waals surface area contributed by atoms with Gasteiger partial charge in [0, 0.05) is 31.6 Å². The van der Waals surface area contributed by atoms with E-state index in [0.29, 0.717) is 30.3 Å². The van der Waals surface area contributed by atoms with Gasteiger partial charge in [-0.15, -0.1) is 0 Å². The summed E-state index contributed by atoms with van der Waals surface area (Å²) in [5.74, 6) is 1.06. The Balaban J connectivity index is 1.55. The molecule has 0 radical (unpaired) electrons. The molecule has 2 atom stereocenters. The number of methoxy groups -OCH3 is 1. The standard InChI is InChI=1S/C19H27FN2O2/c1-3-14-12-22(19(23)15-5-6-15)9-8-17(14)21-11-13-4-7-18(24-2)16(20)10-13/h4,7,10,14-15,17,21H,3,5-6,8-9,11-12H2,1-2H3/t14-,17+/m0/s1. The summed E-state index contributed by atoms with van der Waals surface area (Å²) in [5, 5.41) is 3.56. The number of hydrogen-bond acceptors (Lipinski definition) is 3. The van der Waals surface area contributed by atoms with E-state index >= 15 is 0 Å². The number of carbonyl (C=O) groups is 1. The van der Waals surface area contributed by atoms with Crippen molar-refractivity contribution in [2.24, 2.45) is 11.8 Å². The highest BCUT2D eigenvalue weighted by atomic mass is 19.1. The molecule has 1 aromatic rings. The summed E-state index contributed by atoms with van der Waals surface area (Å²) in [5.41, 5.74) is 0.916. The number of halogens is 1. The molecular formula is C19H27FN2O2. The molecule has 0 bridgehead atoms. The average Bonchev–Trinajstić information content (AvgIpc) is 3.44. The molecule has 0 spiro atoms. The van der Waals surface area contributed by atoms with E-state index in [1.165, 1.54) is 13.2 Å². The maximum atomic E-state index is 13.8. The van der Waals surface area contributed by atoms with Crippen molar-refractivity contribution in [1.29, 1.82) is 0 Å². The van der Waals surface area contributed by atoms with Crippen molar-refractivity contribution < 1.29 is 13.9 Å². The highest BCUT2D eigenvalue weighted by Gasteiger charge is 2.37. The molecule has 1 heterocycles. The van der Waals surface area contributed by atoms with Gasteiger partial charge in [-0.05, 0) is 42.9 Å². The van der Waals surface area contributed by atoms with E-state index in [1.807, 2.05) is 6.07 Å². The number of rotatable bonds is 6. The fourth-order valence-electron chi connectivity index (χ4n) is 3.57. The second-order valence-corrected chi connectivity index (χ2v) is 6.97. The van der Waals surface area contributed by atoms with Crippen LogP contribution >= 0.6 is 0 Å². The number of ether oxygens (including phenoxy) is 1. The van der Waals surface area contributed by atoms with Crippen LogP contribution in [-0.4, -0.2) is 37.0 Å². The van der Waals surface area contributed by atoms with Crippen LogP contribution in [0.1, 0.15) is 38.2 Å². The van der Waals surface area contributed by atoms with Crippen molar-refractivity contribution in [2.45, 2.75) is 45.2 Å². The topological polar surface area (TPSA) is 41.6 Å². The predicted molar refractivity (Wildman–Crippen MR) is 91.3 cm³/mol. The van der Waals surface area contributed by atoms with Gasteiger partial charge in [-0.3, -0.25) is 4.79 Å². The molecule has 0 aromatic heterocycles. The Morgan fingerprint density at radius 1 is 1.38 bits per heavy atom. The summed E-state index contributed by atoms with van der Waals surface area (Å²) in [6.07, 6.45) is 4.15. The minimum absolute atomic E-state index is 0.275. The third kappa shape index (κ3) is 3.89. The van der Waals surface area contributed by atoms with Gasteiger partial charge in [0.2, 0.25) is 5.91 Å². The number of carbonyl (C=O) groups excluding carboxylic acids is 1. The maximum absolute atomic E-state index is 13.8. The molecule has 2 fully saturated rings. The fourth-order valence-corrected chi connectivity index (χ4v) is 3.57. The van der Waals surface area contributed by atoms with E-state index in [-0.39, 0.29) is 11.6 Å². The summed E-state index contributed by atoms with van der Waals surface area (Å²) in [4.78, 5) is 14.3. The van der Waals surface area contributed by atoms with Crippen LogP contribution in [0.5, 0.6) is 5.75 Å². The van der Waals surface area contributed by atoms with Crippen LogP contribution < -0.4 is 10.1 Å². The van der Waals surface area contributed by atoms with E-state index in [2.05, 4.69) is 17.1 Å². The summed E-state index contributed by atoms with van der Waals surface area (Å²) >= 11 is 0. The van der Waals surface area contributed by atoms with Gasteiger partial charge in [-0.25, -0.2) is 4.39 Å². The fraction of sp³-hybridized carbons (Fsp3) is 0.632. The largest absolute Gasteiger partial charge is 0.494 e. The Kier molecular flexibility index (Phi) is 5.39. The van der Waals surface area contributed by atoms with Crippen molar-refractivity contribution in [3.8, 4) is 5.75 Å². The molecule has 1 aromatic carbocycles. The molecule has 3 rings (SSSR count). The quantitative estimate of drug-likeness (QED) is 0.870. The van der Waals surface area contributed by atoms with E-state index in [1.54, 1.807) is 6.07 Å². The zero-order chi connectivity index (χ0) is 17.1. The van der Waals surface area contributed by atoms with E-state index < -0.39 is 0 Å². The number of hydrogen-bond donors (Lipinski definition) is 1. The monoisotopic (exact) mass is 334 g/mol. The zero-order valence-electron chi connectivity index (χ0n) is 14.6. The second kappa shape index (κ2) is 7.51. The Morgan fingerprint density at radius 3 is 2.79 bits per heavy atom. The molecule has 1 amide bonds. The zero-order valence-corrected chi connectivity index (χ0v) is 14.6. The third-order valence-electron chi connectivity index (χ3n) is 5.28. The lowest BCUT2D eigenvalue weighted by atomic mass is 9.89. The molecule has 5 heteroatoms. The molecule has 4 nitrogen and oxygen atoms in total. The minimum atomic E-state index is -0.325. The molecule has 24 heavy (non-hydrogen) atoms. The van der Waals surface area contributed by atoms with Crippen LogP contribution in [0.3, 0.4) is 0 Å². The SMILES string of the molecule is CC[C@H]1CN(C(=O)C2CC2)CC[C@H]1NCc1ccc(OC)c(F)c1. The van der Waals surface area contributed by atoms with Crippen LogP contribution in [-0.2, 0) is 11.3 Å². The molecule has 0 unspecified atom stereocenters. The highest BCUT2D eigenvalue weighted by molar-refractivity contribution is 5.81. The first-order valence-corrected chi connectivity index (χ1v) is 8.97. The van der Waals surface area contributed by atoms with Crippen LogP contribution in [0.4, 0.5) is 4.39 Å². The Bertz CT molecular complexity index is 589. The van der Waals surface area contributed by atoms with Crippen LogP contribution in [0, 0.1) is 17.7 Å². The molecule has 1 aliphatic carbocycles. The summed E-state index contributed by atoms with van der Waals surface area (Å²) < 4.78 is 18.7. The van der Waals surface area contributed by atoms with Crippen molar-refractivity contribution in [1.82, 2.24) is 10.2 Å². The lowest BCUT2D eigenvalue weighted by Gasteiger charge is -2.39. The minimum Gasteiger partial charge on any atom is -0.494 e. The number of amides is 1. The van der Waals surface area contributed by atoms with Crippen LogP contribution in [0.15, 0.2) is 18.2 Å². The first kappa shape index (κ1) is 17.2. The second-order valence-electron chi connectivity index (χ2n) is 6.97. The number of nitrogens with zero attached hydrogens (tertiary/aromatic N) is 1. The van der Waals surface area contributed by atoms with Crippen molar-refractivity contribution in [2.75, 3.05) is 20.2 Å². The van der Waals surface area contributed by atoms with Gasteiger partial charge < -0.3 is 15.0 Å². The molecule has 1 aliphatic heterocycles. The van der Waals surface area contributed by atoms with Gasteiger partial charge in [-0.2, -0.15) is 0 Å². The van der Waals surface area contributed by atoms with E-state index in [9.17, 15) is 9.18 Å². The Hall–Kier alpha value is -1.62. The summed E-state index contributed by atoms with van der Waals surface area (Å²) in [6, 6.07) is 5.46. The lowest BCUT2D eigenvalue weighted by molar-refractivity contribution is -0.134. The smallest absolute Gasteiger partial charge is 0.225 e. The lowest BCUT2D eigenvalue weighted by Crippen LogP contribution is -2.51. The number of piperidine rings is 1. The average molecular weight is 334 g/mol. The van der Waals surface area contributed by atoms with Crippen molar-refractivity contribution in [3.63, 3.8) is 0 Å². The molecular weight excluding hydrogens is 307 g/mol. The van der Waals surface area contributed by atoms with Gasteiger partial charge in [0.1, 0.15) is 0 Å². The highest BCUT2D eigenvalue weighted by Crippen LogP contribution is 2.33. The predicted octanol–water partition coefficient (Wildman–Crippen LogP) is 2.96. The molecule has 132 valence electrons. The first-order chi connectivity index (χ1) is 11.6. The normalized spacial score (nSPS) is 24.0. The number of likely N-dealkylation sites (tertiary alicyclic amines) is 1. The first-order valence-electron chi connectivity index (χ1n) is 8.97. The maximum Gasteiger partial charge on any atom is 0.225 e. The molecule has 1 N–H and O–H groups in total. The molecule has 1 saturated heterocycles. The molecule has 1 saturated carbocycles. The molecule has 2 aliphatic rings. The third-order valence-corrected chi connectivity index (χ3v) is 5.28. The van der Waals surface area contributed by atoms with E-state index in [4.69, 9.17) is 4.74 Å². The summed E-state index contributed by atoms with van der Waals surface area (Å²) in [7, 11) is 1.47. The Labute approximate surface area is 143 Å². The van der Waals surface area contributed by atoms with Gasteiger partial charge in [-0.1, -0.05) is 19.4 Å². The Morgan fingerprint density at radius 2 is 2.17 bits per heavy atom. The van der Waals surface area contributed by atoms with E-state index in [0.717, 1.165) is 44.3 Å². The van der Waals surface area contributed by atoms with Gasteiger partial charge in [0.15, 0.2) is 11.6 Å². The van der Waals surface area contributed by atoms with Crippen molar-refractivity contribution in [3.05, 3.63) is 29.6 Å². The van der Waals surface area contributed by atoms with Crippen molar-refractivity contribution >= 4 is 5.91 Å². The van der Waals surface area contributed by atoms with Gasteiger partial charge in [0.25, 0.3) is 0 Å². The number of nitrogens with one attached hydrogen (secondary N) is 1. The van der Waals surface area contributed by atoms with Gasteiger partial charge >= 0.3 is 0 Å². The van der Waals surface area contributed by atoms with Crippen LogP contribution in [0.25, 0.3) is 0 Å².